The van der Waals surface area contributed by atoms with E-state index in [9.17, 15) is 9.59 Å². The first-order valence-corrected chi connectivity index (χ1v) is 9.98. The molecule has 3 saturated carbocycles. The van der Waals surface area contributed by atoms with E-state index < -0.39 is 0 Å². The van der Waals surface area contributed by atoms with Crippen LogP contribution in [0.5, 0.6) is 0 Å². The number of hydrogen-bond donors (Lipinski definition) is 0. The molecule has 0 N–H and O–H groups in total. The van der Waals surface area contributed by atoms with Gasteiger partial charge >= 0.3 is 5.97 Å². The molecule has 130 valence electrons. The Labute approximate surface area is 144 Å². The summed E-state index contributed by atoms with van der Waals surface area (Å²) in [7, 11) is 0. The Hall–Kier alpha value is -1.12. The Morgan fingerprint density at radius 1 is 0.958 bits per heavy atom. The van der Waals surface area contributed by atoms with E-state index in [2.05, 4.69) is 6.92 Å². The minimum atomic E-state index is -0.154. The van der Waals surface area contributed by atoms with Crippen LogP contribution in [-0.2, 0) is 14.3 Å². The van der Waals surface area contributed by atoms with Crippen LogP contribution in [0.15, 0.2) is 11.6 Å². The lowest BCUT2D eigenvalue weighted by atomic mass is 9.50. The molecule has 4 fully saturated rings. The van der Waals surface area contributed by atoms with Crippen molar-refractivity contribution in [2.24, 2.45) is 29.1 Å². The lowest BCUT2D eigenvalue weighted by molar-refractivity contribution is -0.166. The predicted octanol–water partition coefficient (Wildman–Crippen LogP) is 4.20. The molecule has 3 nitrogen and oxygen atoms in total. The Morgan fingerprint density at radius 3 is 2.62 bits per heavy atom. The van der Waals surface area contributed by atoms with E-state index in [0.717, 1.165) is 43.9 Å². The van der Waals surface area contributed by atoms with Gasteiger partial charge in [-0.3, -0.25) is 9.59 Å². The molecule has 5 rings (SSSR count). The van der Waals surface area contributed by atoms with E-state index in [1.807, 2.05) is 6.08 Å². The molecule has 0 radical (unpaired) electrons. The summed E-state index contributed by atoms with van der Waals surface area (Å²) in [6.45, 7) is 2.43. The number of ketones is 1. The van der Waals surface area contributed by atoms with Gasteiger partial charge in [0.2, 0.25) is 0 Å². The fourth-order valence-electron chi connectivity index (χ4n) is 7.48. The standard InChI is InChI=1S/C21H28O3/c1-20-9-6-16-15-5-3-14(22)12-13(15)2-4-17(16)18(20)7-10-21(20)11-8-19(23)24-21/h12,15-18H,2-11H2,1H3/t15-,16+,17+,18+,20-,21+/m0/s1. The van der Waals surface area contributed by atoms with Crippen LogP contribution in [0.3, 0.4) is 0 Å². The first-order chi connectivity index (χ1) is 11.5. The van der Waals surface area contributed by atoms with Gasteiger partial charge in [0, 0.05) is 18.3 Å². The topological polar surface area (TPSA) is 43.4 Å². The van der Waals surface area contributed by atoms with Crippen molar-refractivity contribution in [3.05, 3.63) is 11.6 Å². The number of fused-ring (bicyclic) bond motifs is 6. The molecule has 1 spiro atoms. The van der Waals surface area contributed by atoms with Gasteiger partial charge in [0.25, 0.3) is 0 Å². The third-order valence-corrected chi connectivity index (χ3v) is 8.63. The third-order valence-electron chi connectivity index (χ3n) is 8.63. The Morgan fingerprint density at radius 2 is 1.83 bits per heavy atom. The maximum absolute atomic E-state index is 11.9. The zero-order valence-corrected chi connectivity index (χ0v) is 14.7. The van der Waals surface area contributed by atoms with Crippen LogP contribution in [0.25, 0.3) is 0 Å². The maximum atomic E-state index is 11.9. The van der Waals surface area contributed by atoms with Crippen LogP contribution < -0.4 is 0 Å². The van der Waals surface area contributed by atoms with Gasteiger partial charge in [-0.05, 0) is 81.1 Å². The molecule has 0 aromatic heterocycles. The summed E-state index contributed by atoms with van der Waals surface area (Å²) in [5, 5.41) is 0. The van der Waals surface area contributed by atoms with Gasteiger partial charge < -0.3 is 4.74 Å². The Bertz CT molecular complexity index is 635. The quantitative estimate of drug-likeness (QED) is 0.626. The smallest absolute Gasteiger partial charge is 0.306 e. The van der Waals surface area contributed by atoms with E-state index in [-0.39, 0.29) is 17.0 Å². The highest BCUT2D eigenvalue weighted by atomic mass is 16.6. The van der Waals surface area contributed by atoms with E-state index in [1.54, 1.807) is 0 Å². The van der Waals surface area contributed by atoms with Crippen molar-refractivity contribution in [3.8, 4) is 0 Å². The molecule has 1 heterocycles. The normalized spacial score (nSPS) is 50.1. The van der Waals surface area contributed by atoms with Gasteiger partial charge in [-0.15, -0.1) is 0 Å². The molecule has 1 aliphatic heterocycles. The monoisotopic (exact) mass is 328 g/mol. The van der Waals surface area contributed by atoms with Crippen LogP contribution in [0, 0.1) is 29.1 Å². The summed E-state index contributed by atoms with van der Waals surface area (Å²) in [6.07, 6.45) is 12.5. The summed E-state index contributed by atoms with van der Waals surface area (Å²) in [5.74, 6) is 3.29. The van der Waals surface area contributed by atoms with E-state index >= 15 is 0 Å². The van der Waals surface area contributed by atoms with Crippen LogP contribution in [-0.4, -0.2) is 17.4 Å². The number of hydrogen-bond acceptors (Lipinski definition) is 3. The zero-order valence-electron chi connectivity index (χ0n) is 14.7. The average Bonchev–Trinajstić information content (AvgIpc) is 3.08. The molecule has 6 atom stereocenters. The van der Waals surface area contributed by atoms with Crippen molar-refractivity contribution in [2.75, 3.05) is 0 Å². The number of allylic oxidation sites excluding steroid dienone is 1. The summed E-state index contributed by atoms with van der Waals surface area (Å²) in [6, 6.07) is 0. The summed E-state index contributed by atoms with van der Waals surface area (Å²) in [5.41, 5.74) is 1.49. The fraction of sp³-hybridized carbons (Fsp3) is 0.810. The van der Waals surface area contributed by atoms with Crippen molar-refractivity contribution in [2.45, 2.75) is 76.7 Å². The molecular formula is C21H28O3. The fourth-order valence-corrected chi connectivity index (χ4v) is 7.48. The second kappa shape index (κ2) is 4.95. The number of ether oxygens (including phenoxy) is 1. The van der Waals surface area contributed by atoms with Crippen molar-refractivity contribution in [1.82, 2.24) is 0 Å². The molecule has 4 aliphatic carbocycles. The van der Waals surface area contributed by atoms with Crippen LogP contribution in [0.1, 0.15) is 71.1 Å². The Balaban J connectivity index is 1.45. The molecule has 0 aromatic rings. The SMILES string of the molecule is C[C@]12CC[C@H]3[C@@H](CCC4=CC(=O)CC[C@@H]43)[C@H]1CC[C@@]21CCC(=O)O1. The molecular weight excluding hydrogens is 300 g/mol. The molecule has 0 bridgehead atoms. The minimum absolute atomic E-state index is 0.0265. The van der Waals surface area contributed by atoms with Crippen LogP contribution in [0.4, 0.5) is 0 Å². The number of carbonyl (C=O) groups excluding carboxylic acids is 2. The highest BCUT2D eigenvalue weighted by Gasteiger charge is 2.65. The van der Waals surface area contributed by atoms with Gasteiger partial charge in [0.05, 0.1) is 0 Å². The number of carbonyl (C=O) groups is 2. The first-order valence-electron chi connectivity index (χ1n) is 9.98. The van der Waals surface area contributed by atoms with Crippen molar-refractivity contribution >= 4 is 11.8 Å². The predicted molar refractivity (Wildman–Crippen MR) is 90.2 cm³/mol. The van der Waals surface area contributed by atoms with E-state index in [0.29, 0.717) is 24.0 Å². The maximum Gasteiger partial charge on any atom is 0.306 e. The lowest BCUT2D eigenvalue weighted by Gasteiger charge is -2.55. The van der Waals surface area contributed by atoms with Gasteiger partial charge in [-0.1, -0.05) is 12.5 Å². The molecule has 24 heavy (non-hydrogen) atoms. The van der Waals surface area contributed by atoms with Crippen molar-refractivity contribution in [3.63, 3.8) is 0 Å². The third kappa shape index (κ3) is 1.84. The van der Waals surface area contributed by atoms with Crippen LogP contribution in [0.2, 0.25) is 0 Å². The van der Waals surface area contributed by atoms with Gasteiger partial charge in [0.1, 0.15) is 5.60 Å². The highest BCUT2D eigenvalue weighted by molar-refractivity contribution is 5.91. The van der Waals surface area contributed by atoms with Crippen molar-refractivity contribution < 1.29 is 14.3 Å². The number of rotatable bonds is 0. The van der Waals surface area contributed by atoms with Crippen LogP contribution >= 0.6 is 0 Å². The zero-order chi connectivity index (χ0) is 16.5. The molecule has 0 amide bonds. The van der Waals surface area contributed by atoms with Gasteiger partial charge in [-0.25, -0.2) is 0 Å². The first kappa shape index (κ1) is 15.2. The van der Waals surface area contributed by atoms with Gasteiger partial charge in [-0.2, -0.15) is 0 Å². The second-order valence-corrected chi connectivity index (χ2v) is 9.27. The molecule has 0 aromatic carbocycles. The van der Waals surface area contributed by atoms with Crippen molar-refractivity contribution in [1.29, 1.82) is 0 Å². The minimum Gasteiger partial charge on any atom is -0.458 e. The summed E-state index contributed by atoms with van der Waals surface area (Å²) in [4.78, 5) is 23.6. The molecule has 5 aliphatic rings. The Kier molecular flexibility index (Phi) is 3.13. The molecule has 0 unspecified atom stereocenters. The number of esters is 1. The highest BCUT2D eigenvalue weighted by Crippen LogP contribution is 2.67. The lowest BCUT2D eigenvalue weighted by Crippen LogP contribution is -2.52. The molecule has 3 heteroatoms. The molecule has 1 saturated heterocycles. The summed E-state index contributed by atoms with van der Waals surface area (Å²) < 4.78 is 5.99. The summed E-state index contributed by atoms with van der Waals surface area (Å²) >= 11 is 0. The average molecular weight is 328 g/mol. The largest absolute Gasteiger partial charge is 0.458 e. The van der Waals surface area contributed by atoms with Gasteiger partial charge in [0.15, 0.2) is 5.78 Å². The van der Waals surface area contributed by atoms with E-state index in [1.165, 1.54) is 31.3 Å². The second-order valence-electron chi connectivity index (χ2n) is 9.27. The van der Waals surface area contributed by atoms with E-state index in [4.69, 9.17) is 4.74 Å².